The maximum atomic E-state index is 11.8. The van der Waals surface area contributed by atoms with Gasteiger partial charge < -0.3 is 5.21 Å². The molecular formula is C21H44N2O. The molecule has 0 heterocycles. The number of nitrogens with zero attached hydrogens (tertiary/aromatic N) is 1. The molecule has 3 heteroatoms. The highest BCUT2D eigenvalue weighted by molar-refractivity contribution is 4.81. The highest BCUT2D eigenvalue weighted by atomic mass is 16.6. The molecule has 0 saturated heterocycles. The van der Waals surface area contributed by atoms with E-state index in [1.54, 1.807) is 0 Å². The van der Waals surface area contributed by atoms with Gasteiger partial charge in [-0.2, -0.15) is 5.84 Å². The summed E-state index contributed by atoms with van der Waals surface area (Å²) in [5.74, 6) is 5.66. The molecule has 0 fully saturated rings. The Morgan fingerprint density at radius 3 is 1.58 bits per heavy atom. The summed E-state index contributed by atoms with van der Waals surface area (Å²) in [5, 5.41) is 11.8. The summed E-state index contributed by atoms with van der Waals surface area (Å²) in [5.41, 5.74) is 0. The molecule has 0 spiro atoms. The molecule has 1 unspecified atom stereocenters. The molecule has 0 amide bonds. The fourth-order valence-electron chi connectivity index (χ4n) is 3.12. The van der Waals surface area contributed by atoms with E-state index in [9.17, 15) is 5.21 Å². The van der Waals surface area contributed by atoms with Crippen molar-refractivity contribution in [2.24, 2.45) is 5.84 Å². The second-order valence-corrected chi connectivity index (χ2v) is 7.34. The third-order valence-corrected chi connectivity index (χ3v) is 4.65. The monoisotopic (exact) mass is 340 g/mol. The van der Waals surface area contributed by atoms with Gasteiger partial charge in [0.05, 0.1) is 13.1 Å². The summed E-state index contributed by atoms with van der Waals surface area (Å²) in [4.78, 5) is 0. The lowest BCUT2D eigenvalue weighted by molar-refractivity contribution is -0.892. The van der Waals surface area contributed by atoms with Crippen LogP contribution in [0.5, 0.6) is 0 Å². The van der Waals surface area contributed by atoms with E-state index in [0.29, 0.717) is 13.1 Å². The van der Waals surface area contributed by atoms with Crippen molar-refractivity contribution in [2.75, 3.05) is 13.1 Å². The van der Waals surface area contributed by atoms with Crippen LogP contribution in [0.25, 0.3) is 0 Å². The molecular weight excluding hydrogens is 296 g/mol. The van der Waals surface area contributed by atoms with Gasteiger partial charge in [-0.25, -0.2) is 0 Å². The van der Waals surface area contributed by atoms with E-state index in [2.05, 4.69) is 19.1 Å². The van der Waals surface area contributed by atoms with Crippen molar-refractivity contribution in [3.8, 4) is 0 Å². The van der Waals surface area contributed by atoms with Gasteiger partial charge in [0.15, 0.2) is 0 Å². The fourth-order valence-corrected chi connectivity index (χ4v) is 3.12. The van der Waals surface area contributed by atoms with Gasteiger partial charge in [0.1, 0.15) is 0 Å². The first kappa shape index (κ1) is 23.6. The van der Waals surface area contributed by atoms with E-state index >= 15 is 0 Å². The van der Waals surface area contributed by atoms with Gasteiger partial charge in [-0.3, -0.25) is 4.76 Å². The maximum absolute atomic E-state index is 11.8. The normalized spacial score (nSPS) is 14.3. The summed E-state index contributed by atoms with van der Waals surface area (Å²) in [6.07, 6.45) is 23.7. The van der Waals surface area contributed by atoms with Gasteiger partial charge in [0, 0.05) is 0 Å². The van der Waals surface area contributed by atoms with Crippen LogP contribution in [-0.4, -0.2) is 17.8 Å². The summed E-state index contributed by atoms with van der Waals surface area (Å²) in [7, 11) is 0. The van der Waals surface area contributed by atoms with Crippen LogP contribution in [0.1, 0.15) is 110 Å². The van der Waals surface area contributed by atoms with Crippen molar-refractivity contribution >= 4 is 0 Å². The second-order valence-electron chi connectivity index (χ2n) is 7.34. The number of allylic oxidation sites excluding steroid dienone is 2. The molecule has 0 aromatic carbocycles. The van der Waals surface area contributed by atoms with Crippen LogP contribution < -0.4 is 5.84 Å². The molecule has 0 aliphatic carbocycles. The molecule has 0 bridgehead atoms. The predicted octanol–water partition coefficient (Wildman–Crippen LogP) is 6.62. The zero-order valence-corrected chi connectivity index (χ0v) is 16.6. The largest absolute Gasteiger partial charge is 0.612 e. The summed E-state index contributed by atoms with van der Waals surface area (Å²) >= 11 is 0. The zero-order chi connectivity index (χ0) is 17.9. The highest BCUT2D eigenvalue weighted by Gasteiger charge is 2.08. The number of hydroxylamine groups is 2. The standard InChI is InChI=1S/C21H44N2O/c1-3-5-6-7-8-9-10-11-12-13-14-15-16-17-18-19-21-23(22,24)20-4-2/h11-12H,3-10,13-22H2,1-2H3/b12-11-. The number of hydrogen-bond donors (Lipinski definition) is 1. The third-order valence-electron chi connectivity index (χ3n) is 4.65. The number of hydrogen-bond acceptors (Lipinski definition) is 2. The van der Waals surface area contributed by atoms with E-state index < -0.39 is 4.76 Å². The van der Waals surface area contributed by atoms with Crippen molar-refractivity contribution in [1.82, 2.24) is 0 Å². The lowest BCUT2D eigenvalue weighted by Gasteiger charge is -2.36. The van der Waals surface area contributed by atoms with Crippen LogP contribution in [0.2, 0.25) is 0 Å². The Labute approximate surface area is 151 Å². The minimum Gasteiger partial charge on any atom is -0.612 e. The molecule has 0 saturated carbocycles. The minimum absolute atomic E-state index is 0.542. The molecule has 3 nitrogen and oxygen atoms in total. The van der Waals surface area contributed by atoms with Crippen LogP contribution in [-0.2, 0) is 0 Å². The molecule has 0 rings (SSSR count). The molecule has 0 aromatic rings. The van der Waals surface area contributed by atoms with Crippen LogP contribution in [0, 0.1) is 5.21 Å². The van der Waals surface area contributed by atoms with E-state index in [0.717, 1.165) is 19.3 Å². The van der Waals surface area contributed by atoms with Crippen molar-refractivity contribution in [2.45, 2.75) is 110 Å². The van der Waals surface area contributed by atoms with Crippen LogP contribution in [0.15, 0.2) is 12.2 Å². The molecule has 0 aromatic heterocycles. The van der Waals surface area contributed by atoms with Gasteiger partial charge in [-0.1, -0.05) is 77.4 Å². The van der Waals surface area contributed by atoms with Crippen LogP contribution in [0.4, 0.5) is 0 Å². The van der Waals surface area contributed by atoms with E-state index in [4.69, 9.17) is 5.84 Å². The molecule has 0 aliphatic heterocycles. The highest BCUT2D eigenvalue weighted by Crippen LogP contribution is 2.11. The van der Waals surface area contributed by atoms with E-state index in [1.807, 2.05) is 6.92 Å². The first-order chi connectivity index (χ1) is 11.6. The first-order valence-electron chi connectivity index (χ1n) is 10.6. The molecule has 1 atom stereocenters. The minimum atomic E-state index is -0.542. The molecule has 144 valence electrons. The Kier molecular flexibility index (Phi) is 17.2. The average Bonchev–Trinajstić information content (AvgIpc) is 2.54. The van der Waals surface area contributed by atoms with E-state index in [-0.39, 0.29) is 0 Å². The summed E-state index contributed by atoms with van der Waals surface area (Å²) < 4.78 is -0.542. The molecule has 0 radical (unpaired) electrons. The fraction of sp³-hybridized carbons (Fsp3) is 0.905. The Morgan fingerprint density at radius 2 is 1.08 bits per heavy atom. The van der Waals surface area contributed by atoms with Gasteiger partial charge in [0.25, 0.3) is 0 Å². The lowest BCUT2D eigenvalue weighted by Crippen LogP contribution is -2.50. The quantitative estimate of drug-likeness (QED) is 0.100. The van der Waals surface area contributed by atoms with Crippen molar-refractivity contribution in [3.63, 3.8) is 0 Å². The Morgan fingerprint density at radius 1 is 0.625 bits per heavy atom. The van der Waals surface area contributed by atoms with Gasteiger partial charge in [0.2, 0.25) is 0 Å². The van der Waals surface area contributed by atoms with Crippen LogP contribution in [0.3, 0.4) is 0 Å². The Hall–Kier alpha value is -0.380. The SMILES string of the molecule is CCCCCCCC/C=C\CCCCCCCC[N+](N)([O-])CCC. The van der Waals surface area contributed by atoms with Gasteiger partial charge in [-0.15, -0.1) is 0 Å². The molecule has 2 N–H and O–H groups in total. The second kappa shape index (κ2) is 17.4. The van der Waals surface area contributed by atoms with Gasteiger partial charge >= 0.3 is 0 Å². The maximum Gasteiger partial charge on any atom is 0.0958 e. The average molecular weight is 341 g/mol. The number of unbranched alkanes of at least 4 members (excludes halogenated alkanes) is 12. The third kappa shape index (κ3) is 18.0. The Bertz CT molecular complexity index is 277. The topological polar surface area (TPSA) is 49.1 Å². The first-order valence-corrected chi connectivity index (χ1v) is 10.6. The lowest BCUT2D eigenvalue weighted by atomic mass is 10.1. The van der Waals surface area contributed by atoms with Crippen molar-refractivity contribution < 1.29 is 4.76 Å². The number of quaternary nitrogens is 1. The summed E-state index contributed by atoms with van der Waals surface area (Å²) in [6.45, 7) is 5.41. The Balaban J connectivity index is 3.21. The number of rotatable bonds is 18. The predicted molar refractivity (Wildman–Crippen MR) is 107 cm³/mol. The molecule has 0 aliphatic rings. The molecule has 24 heavy (non-hydrogen) atoms. The van der Waals surface area contributed by atoms with Gasteiger partial charge in [-0.05, 0) is 44.9 Å². The summed E-state index contributed by atoms with van der Waals surface area (Å²) in [6, 6.07) is 0. The van der Waals surface area contributed by atoms with Crippen LogP contribution >= 0.6 is 0 Å². The van der Waals surface area contributed by atoms with E-state index in [1.165, 1.54) is 77.0 Å². The number of nitrogens with two attached hydrogens (primary N) is 1. The van der Waals surface area contributed by atoms with Crippen molar-refractivity contribution in [1.29, 1.82) is 0 Å². The zero-order valence-electron chi connectivity index (χ0n) is 16.6. The van der Waals surface area contributed by atoms with Crippen molar-refractivity contribution in [3.05, 3.63) is 17.4 Å². The smallest absolute Gasteiger partial charge is 0.0958 e.